The van der Waals surface area contributed by atoms with Crippen LogP contribution in [-0.4, -0.2) is 55.3 Å². The molecule has 10 nitrogen and oxygen atoms in total. The highest BCUT2D eigenvalue weighted by atomic mass is 32.1. The number of hydrogen-bond acceptors (Lipinski definition) is 10. The Labute approximate surface area is 258 Å². The number of aliphatic hydroxyl groups is 1. The Morgan fingerprint density at radius 2 is 1.82 bits per heavy atom. The number of aromatic nitrogens is 1. The first-order valence-electron chi connectivity index (χ1n) is 14.5. The maximum Gasteiger partial charge on any atom is 0.301 e. The van der Waals surface area contributed by atoms with Crippen molar-refractivity contribution >= 4 is 44.1 Å². The fourth-order valence-corrected chi connectivity index (χ4v) is 6.26. The van der Waals surface area contributed by atoms with Crippen LogP contribution < -0.4 is 28.6 Å². The third-order valence-corrected chi connectivity index (χ3v) is 8.40. The number of aliphatic hydroxyl groups excluding tert-OH is 1. The molecule has 6 rings (SSSR count). The van der Waals surface area contributed by atoms with Gasteiger partial charge in [-0.2, -0.15) is 0 Å². The summed E-state index contributed by atoms with van der Waals surface area (Å²) in [7, 11) is 1.53. The highest BCUT2D eigenvalue weighted by molar-refractivity contribution is 7.22. The predicted octanol–water partition coefficient (Wildman–Crippen LogP) is 6.28. The summed E-state index contributed by atoms with van der Waals surface area (Å²) in [6.45, 7) is 5.77. The summed E-state index contributed by atoms with van der Waals surface area (Å²) in [6.07, 6.45) is 1.85. The molecular weight excluding hydrogens is 584 g/mol. The number of methoxy groups -OCH3 is 1. The maximum atomic E-state index is 13.8. The molecule has 228 valence electrons. The number of unbranched alkanes of at least 4 members (excludes halogenated alkanes) is 1. The molecule has 11 heteroatoms. The number of rotatable bonds is 10. The lowest BCUT2D eigenvalue weighted by Crippen LogP contribution is -2.29. The molecule has 4 aromatic rings. The Hall–Kier alpha value is -4.77. The van der Waals surface area contributed by atoms with E-state index in [9.17, 15) is 14.7 Å². The molecule has 0 saturated carbocycles. The monoisotopic (exact) mass is 616 g/mol. The van der Waals surface area contributed by atoms with Crippen LogP contribution in [0, 0.1) is 0 Å². The van der Waals surface area contributed by atoms with E-state index in [4.69, 9.17) is 28.7 Å². The van der Waals surface area contributed by atoms with Gasteiger partial charge in [0.2, 0.25) is 0 Å². The number of benzene rings is 3. The molecule has 1 aromatic heterocycles. The van der Waals surface area contributed by atoms with Crippen LogP contribution in [0.1, 0.15) is 43.9 Å². The second-order valence-corrected chi connectivity index (χ2v) is 11.2. The average molecular weight is 617 g/mol. The van der Waals surface area contributed by atoms with Crippen LogP contribution in [0.4, 0.5) is 5.13 Å². The molecule has 1 atom stereocenters. The molecule has 1 fully saturated rings. The number of ketones is 1. The van der Waals surface area contributed by atoms with Crippen molar-refractivity contribution < 1.29 is 38.4 Å². The van der Waals surface area contributed by atoms with Crippen LogP contribution in [0.2, 0.25) is 0 Å². The number of ether oxygens (including phenoxy) is 5. The number of amides is 1. The van der Waals surface area contributed by atoms with Gasteiger partial charge in [-0.15, -0.1) is 0 Å². The summed E-state index contributed by atoms with van der Waals surface area (Å²) in [5.41, 5.74) is 1.42. The highest BCUT2D eigenvalue weighted by Crippen LogP contribution is 2.46. The van der Waals surface area contributed by atoms with Crippen molar-refractivity contribution in [1.29, 1.82) is 0 Å². The normalized spacial score (nSPS) is 17.2. The number of carbonyl (C=O) groups excluding carboxylic acids is 2. The quantitative estimate of drug-likeness (QED) is 0.0951. The second kappa shape index (κ2) is 12.5. The minimum atomic E-state index is -1.01. The van der Waals surface area contributed by atoms with Gasteiger partial charge in [-0.1, -0.05) is 30.7 Å². The van der Waals surface area contributed by atoms with Crippen molar-refractivity contribution in [3.05, 3.63) is 71.3 Å². The summed E-state index contributed by atoms with van der Waals surface area (Å²) in [6, 6.07) is 14.6. The predicted molar refractivity (Wildman–Crippen MR) is 166 cm³/mol. The maximum absolute atomic E-state index is 13.8. The largest absolute Gasteiger partial charge is 0.507 e. The summed E-state index contributed by atoms with van der Waals surface area (Å²) < 4.78 is 29.3. The fourth-order valence-electron chi connectivity index (χ4n) is 5.24. The molecule has 1 unspecified atom stereocenters. The van der Waals surface area contributed by atoms with Gasteiger partial charge in [0.25, 0.3) is 5.78 Å². The molecule has 0 spiro atoms. The number of Topliss-reactive ketones (excluding diaryl/α,β-unsaturated/α-hetero) is 1. The van der Waals surface area contributed by atoms with Crippen LogP contribution in [0.3, 0.4) is 0 Å². The van der Waals surface area contributed by atoms with Gasteiger partial charge in [0, 0.05) is 5.56 Å². The zero-order valence-corrected chi connectivity index (χ0v) is 25.4. The van der Waals surface area contributed by atoms with E-state index in [-0.39, 0.29) is 11.3 Å². The first-order chi connectivity index (χ1) is 21.4. The topological polar surface area (TPSA) is 117 Å². The molecule has 0 bridgehead atoms. The van der Waals surface area contributed by atoms with Crippen LogP contribution in [0.25, 0.3) is 16.0 Å². The van der Waals surface area contributed by atoms with Gasteiger partial charge < -0.3 is 28.8 Å². The molecule has 3 aromatic carbocycles. The van der Waals surface area contributed by atoms with Crippen molar-refractivity contribution in [2.45, 2.75) is 32.7 Å². The van der Waals surface area contributed by atoms with Gasteiger partial charge >= 0.3 is 5.91 Å². The lowest BCUT2D eigenvalue weighted by Gasteiger charge is -2.24. The van der Waals surface area contributed by atoms with Crippen LogP contribution in [0.15, 0.2) is 60.2 Å². The molecule has 0 radical (unpaired) electrons. The van der Waals surface area contributed by atoms with Crippen molar-refractivity contribution in [1.82, 2.24) is 4.98 Å². The third kappa shape index (κ3) is 5.39. The lowest BCUT2D eigenvalue weighted by atomic mass is 9.95. The van der Waals surface area contributed by atoms with E-state index < -0.39 is 17.7 Å². The zero-order valence-electron chi connectivity index (χ0n) is 24.6. The molecule has 3 heterocycles. The molecular formula is C33H32N2O8S. The summed E-state index contributed by atoms with van der Waals surface area (Å²) in [5, 5.41) is 12.0. The number of nitrogens with zero attached hydrogens (tertiary/aromatic N) is 2. The number of thiazole rings is 1. The van der Waals surface area contributed by atoms with E-state index >= 15 is 0 Å². The number of anilines is 1. The molecule has 1 amide bonds. The standard InChI is InChI=1S/C33H32N2O8S/c1-4-6-13-41-23-11-7-19(16-25(23)39-3)29-28(30(36)20-8-12-24-26(17-20)43-15-14-42-24)31(37)32(38)35(29)33-34-22-10-9-21(40-5-2)18-27(22)44-33/h7-12,16-18,29,36H,4-6,13-15H2,1-3H3/b30-28-. The number of hydrogen-bond donors (Lipinski definition) is 1. The van der Waals surface area contributed by atoms with Crippen LogP contribution >= 0.6 is 11.3 Å². The van der Waals surface area contributed by atoms with Gasteiger partial charge in [0.1, 0.15) is 24.7 Å². The van der Waals surface area contributed by atoms with E-state index in [1.165, 1.54) is 23.3 Å². The molecule has 2 aliphatic rings. The minimum absolute atomic E-state index is 0.0809. The third-order valence-electron chi connectivity index (χ3n) is 7.38. The van der Waals surface area contributed by atoms with Crippen molar-refractivity contribution in [3.8, 4) is 28.7 Å². The summed E-state index contributed by atoms with van der Waals surface area (Å²) in [5.74, 6) is 0.655. The van der Waals surface area contributed by atoms with Crippen LogP contribution in [-0.2, 0) is 9.59 Å². The highest BCUT2D eigenvalue weighted by Gasteiger charge is 2.48. The Bertz CT molecular complexity index is 1760. The molecule has 2 aliphatic heterocycles. The van der Waals surface area contributed by atoms with Gasteiger partial charge in [0.05, 0.1) is 42.2 Å². The van der Waals surface area contributed by atoms with E-state index in [1.54, 1.807) is 36.4 Å². The van der Waals surface area contributed by atoms with Gasteiger partial charge in [-0.25, -0.2) is 4.98 Å². The summed E-state index contributed by atoms with van der Waals surface area (Å²) >= 11 is 1.26. The first-order valence-corrected chi connectivity index (χ1v) is 15.3. The van der Waals surface area contributed by atoms with Crippen molar-refractivity contribution in [2.75, 3.05) is 38.4 Å². The van der Waals surface area contributed by atoms with Crippen LogP contribution in [0.5, 0.6) is 28.7 Å². The van der Waals surface area contributed by atoms with E-state index in [1.807, 2.05) is 25.1 Å². The molecule has 1 N–H and O–H groups in total. The Morgan fingerprint density at radius 1 is 1.00 bits per heavy atom. The lowest BCUT2D eigenvalue weighted by molar-refractivity contribution is -0.132. The van der Waals surface area contributed by atoms with Gasteiger partial charge in [-0.05, 0) is 67.4 Å². The Kier molecular flexibility index (Phi) is 8.30. The summed E-state index contributed by atoms with van der Waals surface area (Å²) in [4.78, 5) is 33.6. The van der Waals surface area contributed by atoms with Gasteiger partial charge in [-0.3, -0.25) is 14.5 Å². The molecule has 44 heavy (non-hydrogen) atoms. The van der Waals surface area contributed by atoms with Gasteiger partial charge in [0.15, 0.2) is 28.1 Å². The minimum Gasteiger partial charge on any atom is -0.507 e. The average Bonchev–Trinajstić information content (AvgIpc) is 3.58. The molecule has 0 aliphatic carbocycles. The van der Waals surface area contributed by atoms with Crippen molar-refractivity contribution in [2.24, 2.45) is 0 Å². The Morgan fingerprint density at radius 3 is 2.59 bits per heavy atom. The molecule has 1 saturated heterocycles. The fraction of sp³-hybridized carbons (Fsp3) is 0.303. The SMILES string of the molecule is CCCCOc1ccc(C2/C(=C(/O)c3ccc4c(c3)OCCO4)C(=O)C(=O)N2c2nc3ccc(OCC)cc3s2)cc1OC. The van der Waals surface area contributed by atoms with Crippen molar-refractivity contribution in [3.63, 3.8) is 0 Å². The smallest absolute Gasteiger partial charge is 0.301 e. The second-order valence-electron chi connectivity index (χ2n) is 10.2. The number of fused-ring (bicyclic) bond motifs is 2. The number of carbonyl (C=O) groups is 2. The van der Waals surface area contributed by atoms with E-state index in [0.717, 1.165) is 17.5 Å². The van der Waals surface area contributed by atoms with E-state index in [2.05, 4.69) is 6.92 Å². The van der Waals surface area contributed by atoms with E-state index in [0.29, 0.717) is 77.0 Å². The first kappa shape index (κ1) is 29.3. The zero-order chi connectivity index (χ0) is 30.8. The Balaban J connectivity index is 1.50.